The van der Waals surface area contributed by atoms with Crippen LogP contribution in [0.25, 0.3) is 10.8 Å². The lowest BCUT2D eigenvalue weighted by Crippen LogP contribution is -2.40. The molecule has 0 aliphatic carbocycles. The third kappa shape index (κ3) is 3.40. The van der Waals surface area contributed by atoms with Gasteiger partial charge in [0.15, 0.2) is 0 Å². The lowest BCUT2D eigenvalue weighted by atomic mass is 9.95. The molecule has 1 unspecified atom stereocenters. The van der Waals surface area contributed by atoms with Crippen LogP contribution in [0.15, 0.2) is 30.3 Å². The van der Waals surface area contributed by atoms with Gasteiger partial charge in [-0.15, -0.1) is 11.6 Å². The van der Waals surface area contributed by atoms with Gasteiger partial charge in [-0.1, -0.05) is 24.3 Å². The quantitative estimate of drug-likeness (QED) is 0.598. The number of amides is 1. The summed E-state index contributed by atoms with van der Waals surface area (Å²) >= 11 is 5.89. The van der Waals surface area contributed by atoms with Gasteiger partial charge in [0.25, 0.3) is 0 Å². The molecule has 1 heterocycles. The van der Waals surface area contributed by atoms with Crippen molar-refractivity contribution in [1.82, 2.24) is 0 Å². The van der Waals surface area contributed by atoms with Crippen molar-refractivity contribution in [2.75, 3.05) is 17.3 Å². The lowest BCUT2D eigenvalue weighted by molar-refractivity contribution is -0.170. The summed E-state index contributed by atoms with van der Waals surface area (Å²) in [5.41, 5.74) is 0.284. The van der Waals surface area contributed by atoms with Crippen molar-refractivity contribution in [1.29, 1.82) is 0 Å². The molecule has 1 atom stereocenters. The summed E-state index contributed by atoms with van der Waals surface area (Å²) in [6.07, 6.45) is -5.10. The van der Waals surface area contributed by atoms with Crippen molar-refractivity contribution in [2.45, 2.75) is 12.1 Å². The summed E-state index contributed by atoms with van der Waals surface area (Å²) in [6, 6.07) is 7.32. The number of alkyl halides is 4. The molecule has 0 spiro atoms. The van der Waals surface area contributed by atoms with Crippen LogP contribution >= 0.6 is 19.4 Å². The van der Waals surface area contributed by atoms with E-state index in [1.807, 2.05) is 0 Å². The number of phosphoric acid groups is 1. The molecule has 0 saturated heterocycles. The maximum Gasteiger partial charge on any atom is 0.524 e. The number of benzene rings is 2. The Bertz CT molecular complexity index is 929. The van der Waals surface area contributed by atoms with Gasteiger partial charge >= 0.3 is 19.9 Å². The highest BCUT2D eigenvalue weighted by molar-refractivity contribution is 7.46. The molecule has 1 amide bonds. The highest BCUT2D eigenvalue weighted by Crippen LogP contribution is 2.49. The number of phosphoric ester groups is 1. The highest BCUT2D eigenvalue weighted by Gasteiger charge is 2.47. The van der Waals surface area contributed by atoms with Crippen LogP contribution in [0.2, 0.25) is 0 Å². The first-order valence-corrected chi connectivity index (χ1v) is 9.35. The Morgan fingerprint density at radius 1 is 1.31 bits per heavy atom. The molecule has 2 N–H and O–H groups in total. The number of hydrogen-bond acceptors (Lipinski definition) is 3. The van der Waals surface area contributed by atoms with Crippen LogP contribution in [0.3, 0.4) is 0 Å². The topological polar surface area (TPSA) is 87.1 Å². The first-order chi connectivity index (χ1) is 12.0. The molecule has 1 aliphatic heterocycles. The van der Waals surface area contributed by atoms with Gasteiger partial charge in [-0.05, 0) is 10.9 Å². The standard InChI is InChI=1S/C15H12ClF3NO5P/c16-6-8-7-20(14(21)15(17,18)19)11-5-12(25-26(22,23)24)9-3-1-2-4-10(9)13(8)11/h1-5,8H,6-7H2,(H2,22,23,24). The molecule has 2 aromatic rings. The molecule has 0 radical (unpaired) electrons. The smallest absolute Gasteiger partial charge is 0.404 e. The predicted molar refractivity (Wildman–Crippen MR) is 88.5 cm³/mol. The fourth-order valence-corrected chi connectivity index (χ4v) is 3.75. The second kappa shape index (κ2) is 6.42. The Kier molecular flexibility index (Phi) is 4.69. The summed E-state index contributed by atoms with van der Waals surface area (Å²) in [5.74, 6) is -2.99. The van der Waals surface area contributed by atoms with Gasteiger partial charge in [0, 0.05) is 29.8 Å². The normalized spacial score (nSPS) is 17.5. The minimum absolute atomic E-state index is 0.0304. The van der Waals surface area contributed by atoms with Gasteiger partial charge in [-0.2, -0.15) is 13.2 Å². The van der Waals surface area contributed by atoms with E-state index in [0.29, 0.717) is 21.2 Å². The van der Waals surface area contributed by atoms with Crippen molar-refractivity contribution in [3.63, 3.8) is 0 Å². The summed E-state index contributed by atoms with van der Waals surface area (Å²) < 4.78 is 54.7. The minimum Gasteiger partial charge on any atom is -0.404 e. The van der Waals surface area contributed by atoms with E-state index in [2.05, 4.69) is 4.52 Å². The van der Waals surface area contributed by atoms with Gasteiger partial charge in [-0.3, -0.25) is 14.6 Å². The summed E-state index contributed by atoms with van der Waals surface area (Å²) in [6.45, 7) is -0.291. The van der Waals surface area contributed by atoms with Crippen molar-refractivity contribution in [3.05, 3.63) is 35.9 Å². The predicted octanol–water partition coefficient (Wildman–Crippen LogP) is 3.54. The first kappa shape index (κ1) is 19.0. The van der Waals surface area contributed by atoms with E-state index >= 15 is 0 Å². The Labute approximate surface area is 150 Å². The number of fused-ring (bicyclic) bond motifs is 3. The average Bonchev–Trinajstić information content (AvgIpc) is 2.90. The van der Waals surface area contributed by atoms with E-state index < -0.39 is 25.8 Å². The molecule has 0 saturated carbocycles. The zero-order chi connectivity index (χ0) is 19.3. The molecular weight excluding hydrogens is 398 g/mol. The Hall–Kier alpha value is -1.80. The van der Waals surface area contributed by atoms with Gasteiger partial charge in [0.2, 0.25) is 0 Å². The minimum atomic E-state index is -5.10. The maximum absolute atomic E-state index is 12.9. The Morgan fingerprint density at radius 3 is 2.46 bits per heavy atom. The summed E-state index contributed by atoms with van der Waals surface area (Å²) in [7, 11) is -4.97. The van der Waals surface area contributed by atoms with Crippen LogP contribution in [-0.4, -0.2) is 34.3 Å². The lowest BCUT2D eigenvalue weighted by Gasteiger charge is -2.20. The molecule has 6 nitrogen and oxygen atoms in total. The number of hydrogen-bond donors (Lipinski definition) is 2. The molecule has 1 aliphatic rings. The van der Waals surface area contributed by atoms with Gasteiger partial charge < -0.3 is 9.42 Å². The molecule has 140 valence electrons. The molecule has 0 fully saturated rings. The van der Waals surface area contributed by atoms with E-state index in [9.17, 15) is 22.5 Å². The molecule has 2 aromatic carbocycles. The zero-order valence-electron chi connectivity index (χ0n) is 12.9. The van der Waals surface area contributed by atoms with Crippen LogP contribution in [0.1, 0.15) is 11.5 Å². The van der Waals surface area contributed by atoms with Crippen LogP contribution in [0, 0.1) is 0 Å². The zero-order valence-corrected chi connectivity index (χ0v) is 14.6. The molecule has 26 heavy (non-hydrogen) atoms. The van der Waals surface area contributed by atoms with Crippen molar-refractivity contribution < 1.29 is 36.8 Å². The third-order valence-corrected chi connectivity index (χ3v) is 4.83. The highest BCUT2D eigenvalue weighted by atomic mass is 35.5. The SMILES string of the molecule is O=C(N1CC(CCl)c2c1cc(OP(=O)(O)O)c1ccccc21)C(F)(F)F. The number of carbonyl (C=O) groups is 1. The fraction of sp³-hybridized carbons (Fsp3) is 0.267. The number of nitrogens with zero attached hydrogens (tertiary/aromatic N) is 1. The number of halogens is 4. The fourth-order valence-electron chi connectivity index (χ4n) is 3.09. The molecule has 11 heteroatoms. The molecular formula is C15H12ClF3NO5P. The van der Waals surface area contributed by atoms with Crippen molar-refractivity contribution >= 4 is 41.8 Å². The maximum atomic E-state index is 12.9. The Morgan fingerprint density at radius 2 is 1.92 bits per heavy atom. The van der Waals surface area contributed by atoms with Crippen LogP contribution < -0.4 is 9.42 Å². The number of carbonyl (C=O) groups excluding carboxylic acids is 1. The van der Waals surface area contributed by atoms with Crippen LogP contribution in [0.4, 0.5) is 18.9 Å². The van der Waals surface area contributed by atoms with E-state index in [1.54, 1.807) is 18.2 Å². The first-order valence-electron chi connectivity index (χ1n) is 7.28. The van der Waals surface area contributed by atoms with E-state index in [0.717, 1.165) is 6.07 Å². The number of anilines is 1. The molecule has 0 bridgehead atoms. The van der Waals surface area contributed by atoms with Gasteiger partial charge in [-0.25, -0.2) is 4.57 Å². The monoisotopic (exact) mass is 409 g/mol. The largest absolute Gasteiger partial charge is 0.524 e. The van der Waals surface area contributed by atoms with Crippen molar-refractivity contribution in [3.8, 4) is 5.75 Å². The second-order valence-corrected chi connectivity index (χ2v) is 7.17. The van der Waals surface area contributed by atoms with E-state index in [-0.39, 0.29) is 23.9 Å². The third-order valence-electron chi connectivity index (χ3n) is 4.02. The Balaban J connectivity index is 2.27. The van der Waals surface area contributed by atoms with Gasteiger partial charge in [0.1, 0.15) is 5.75 Å². The summed E-state index contributed by atoms with van der Waals surface area (Å²) in [5, 5.41) is 0.711. The molecule has 3 rings (SSSR count). The van der Waals surface area contributed by atoms with E-state index in [4.69, 9.17) is 21.4 Å². The van der Waals surface area contributed by atoms with Crippen molar-refractivity contribution in [2.24, 2.45) is 0 Å². The average molecular weight is 410 g/mol. The van der Waals surface area contributed by atoms with Crippen LogP contribution in [-0.2, 0) is 9.36 Å². The van der Waals surface area contributed by atoms with Gasteiger partial charge in [0.05, 0.1) is 5.69 Å². The number of rotatable bonds is 3. The summed E-state index contributed by atoms with van der Waals surface area (Å²) in [4.78, 5) is 30.5. The van der Waals surface area contributed by atoms with E-state index in [1.165, 1.54) is 6.07 Å². The second-order valence-electron chi connectivity index (χ2n) is 5.70. The molecule has 0 aromatic heterocycles. The van der Waals surface area contributed by atoms with Crippen LogP contribution in [0.5, 0.6) is 5.75 Å².